The monoisotopic (exact) mass is 444 g/mol. The minimum Gasteiger partial charge on any atom is -0.487 e. The first-order valence-electron chi connectivity index (χ1n) is 10.6. The number of amides is 3. The van der Waals surface area contributed by atoms with E-state index in [1.165, 1.54) is 4.90 Å². The molecule has 2 N–H and O–H groups in total. The molecule has 1 saturated heterocycles. The number of para-hydroxylation sites is 1. The third kappa shape index (κ3) is 5.35. The van der Waals surface area contributed by atoms with Crippen molar-refractivity contribution < 1.29 is 14.3 Å². The standard InChI is InChI=1S/C23H28N4O3.ClH/c28-21-23(11-4-5-12-23)26-22(29)27(21)15-7-13-24-16-18-8-1-2-10-20(18)30-17-19-9-3-6-14-25-19;/h1-3,6,8-10,14,24H,4-5,7,11-13,15-17H2,(H,26,29);1H. The molecule has 8 heteroatoms. The Morgan fingerprint density at radius 1 is 1.10 bits per heavy atom. The van der Waals surface area contributed by atoms with Gasteiger partial charge in [0.1, 0.15) is 17.9 Å². The summed E-state index contributed by atoms with van der Waals surface area (Å²) in [5.74, 6) is 0.784. The molecule has 166 valence electrons. The minimum atomic E-state index is -0.617. The highest BCUT2D eigenvalue weighted by molar-refractivity contribution is 6.07. The number of carbonyl (C=O) groups excluding carboxylic acids is 2. The number of ether oxygens (including phenoxy) is 1. The molecular weight excluding hydrogens is 416 g/mol. The quantitative estimate of drug-likeness (QED) is 0.457. The number of carbonyl (C=O) groups is 2. The summed E-state index contributed by atoms with van der Waals surface area (Å²) in [5.41, 5.74) is 1.33. The predicted octanol–water partition coefficient (Wildman–Crippen LogP) is 3.43. The van der Waals surface area contributed by atoms with Crippen molar-refractivity contribution in [2.75, 3.05) is 13.1 Å². The molecule has 2 heterocycles. The summed E-state index contributed by atoms with van der Waals surface area (Å²) in [6, 6.07) is 13.4. The van der Waals surface area contributed by atoms with E-state index in [-0.39, 0.29) is 24.3 Å². The lowest BCUT2D eigenvalue weighted by Gasteiger charge is -2.20. The normalized spacial score (nSPS) is 17.0. The summed E-state index contributed by atoms with van der Waals surface area (Å²) >= 11 is 0. The van der Waals surface area contributed by atoms with Gasteiger partial charge >= 0.3 is 6.03 Å². The number of hydrogen-bond acceptors (Lipinski definition) is 5. The largest absolute Gasteiger partial charge is 0.487 e. The maximum absolute atomic E-state index is 12.7. The lowest BCUT2D eigenvalue weighted by molar-refractivity contribution is -0.131. The van der Waals surface area contributed by atoms with E-state index in [4.69, 9.17) is 4.74 Å². The predicted molar refractivity (Wildman–Crippen MR) is 120 cm³/mol. The Labute approximate surface area is 189 Å². The van der Waals surface area contributed by atoms with Crippen molar-refractivity contribution in [3.8, 4) is 5.75 Å². The Morgan fingerprint density at radius 3 is 2.65 bits per heavy atom. The molecule has 0 radical (unpaired) electrons. The molecule has 1 aliphatic heterocycles. The van der Waals surface area contributed by atoms with Gasteiger partial charge in [0.2, 0.25) is 0 Å². The third-order valence-electron chi connectivity index (χ3n) is 5.83. The zero-order valence-corrected chi connectivity index (χ0v) is 18.3. The highest BCUT2D eigenvalue weighted by atomic mass is 35.5. The molecule has 1 saturated carbocycles. The summed E-state index contributed by atoms with van der Waals surface area (Å²) in [6.07, 6.45) is 6.01. The van der Waals surface area contributed by atoms with Gasteiger partial charge in [-0.3, -0.25) is 14.7 Å². The number of urea groups is 1. The molecule has 1 aliphatic carbocycles. The van der Waals surface area contributed by atoms with Crippen molar-refractivity contribution in [2.45, 2.75) is 50.8 Å². The van der Waals surface area contributed by atoms with E-state index in [0.29, 0.717) is 32.7 Å². The number of nitrogens with one attached hydrogen (secondary N) is 2. The van der Waals surface area contributed by atoms with E-state index in [1.807, 2.05) is 42.5 Å². The lowest BCUT2D eigenvalue weighted by Crippen LogP contribution is -2.44. The van der Waals surface area contributed by atoms with E-state index in [9.17, 15) is 9.59 Å². The van der Waals surface area contributed by atoms with E-state index < -0.39 is 5.54 Å². The Bertz CT molecular complexity index is 887. The van der Waals surface area contributed by atoms with Crippen LogP contribution in [0.1, 0.15) is 43.4 Å². The molecule has 31 heavy (non-hydrogen) atoms. The molecule has 2 aromatic rings. The zero-order chi connectivity index (χ0) is 20.8. The van der Waals surface area contributed by atoms with Crippen LogP contribution in [0.5, 0.6) is 5.75 Å². The molecule has 0 unspecified atom stereocenters. The first-order valence-corrected chi connectivity index (χ1v) is 10.6. The summed E-state index contributed by atoms with van der Waals surface area (Å²) in [7, 11) is 0. The third-order valence-corrected chi connectivity index (χ3v) is 5.83. The van der Waals surface area contributed by atoms with Crippen molar-refractivity contribution in [1.82, 2.24) is 20.5 Å². The Morgan fingerprint density at radius 2 is 1.87 bits per heavy atom. The van der Waals surface area contributed by atoms with Crippen molar-refractivity contribution in [3.05, 3.63) is 59.9 Å². The van der Waals surface area contributed by atoms with Crippen molar-refractivity contribution in [1.29, 1.82) is 0 Å². The van der Waals surface area contributed by atoms with Crippen LogP contribution in [0.15, 0.2) is 48.7 Å². The second-order valence-corrected chi connectivity index (χ2v) is 7.92. The lowest BCUT2D eigenvalue weighted by atomic mass is 9.98. The van der Waals surface area contributed by atoms with E-state index >= 15 is 0 Å². The van der Waals surface area contributed by atoms with Gasteiger partial charge in [-0.2, -0.15) is 0 Å². The van der Waals surface area contributed by atoms with Gasteiger partial charge in [-0.15, -0.1) is 12.4 Å². The molecule has 2 aliphatic rings. The van der Waals surface area contributed by atoms with Gasteiger partial charge in [-0.1, -0.05) is 37.1 Å². The molecule has 1 spiro atoms. The number of aromatic nitrogens is 1. The molecule has 0 atom stereocenters. The van der Waals surface area contributed by atoms with Crippen LogP contribution in [-0.2, 0) is 17.9 Å². The first kappa shape index (κ1) is 23.0. The molecule has 0 bridgehead atoms. The molecular formula is C23H29ClN4O3. The number of rotatable bonds is 9. The fourth-order valence-electron chi connectivity index (χ4n) is 4.21. The van der Waals surface area contributed by atoms with Gasteiger partial charge in [0, 0.05) is 24.8 Å². The van der Waals surface area contributed by atoms with Crippen molar-refractivity contribution in [2.24, 2.45) is 0 Å². The Hall–Kier alpha value is -2.64. The van der Waals surface area contributed by atoms with Crippen LogP contribution in [0.2, 0.25) is 0 Å². The molecule has 1 aromatic carbocycles. The average molecular weight is 445 g/mol. The Balaban J connectivity index is 0.00000272. The molecule has 4 rings (SSSR count). The second kappa shape index (κ2) is 10.6. The van der Waals surface area contributed by atoms with Crippen LogP contribution in [-0.4, -0.2) is 40.5 Å². The van der Waals surface area contributed by atoms with E-state index in [1.54, 1.807) is 6.20 Å². The maximum atomic E-state index is 12.7. The summed E-state index contributed by atoms with van der Waals surface area (Å²) in [6.45, 7) is 2.23. The van der Waals surface area contributed by atoms with Crippen LogP contribution in [0.3, 0.4) is 0 Å². The van der Waals surface area contributed by atoms with Crippen LogP contribution in [0.4, 0.5) is 4.79 Å². The average Bonchev–Trinajstić information content (AvgIpc) is 3.33. The number of imide groups is 1. The smallest absolute Gasteiger partial charge is 0.325 e. The molecule has 1 aromatic heterocycles. The van der Waals surface area contributed by atoms with Gasteiger partial charge in [0.05, 0.1) is 5.69 Å². The molecule has 2 fully saturated rings. The highest BCUT2D eigenvalue weighted by Gasteiger charge is 2.51. The van der Waals surface area contributed by atoms with E-state index in [2.05, 4.69) is 15.6 Å². The van der Waals surface area contributed by atoms with Crippen molar-refractivity contribution in [3.63, 3.8) is 0 Å². The fourth-order valence-corrected chi connectivity index (χ4v) is 4.21. The van der Waals surface area contributed by atoms with Crippen molar-refractivity contribution >= 4 is 24.3 Å². The number of pyridine rings is 1. The van der Waals surface area contributed by atoms with Crippen LogP contribution >= 0.6 is 12.4 Å². The number of hydrogen-bond donors (Lipinski definition) is 2. The molecule has 7 nitrogen and oxygen atoms in total. The SMILES string of the molecule is Cl.O=C1NC2(CCCC2)C(=O)N1CCCNCc1ccccc1OCc1ccccn1. The van der Waals surface area contributed by atoms with Crippen LogP contribution in [0.25, 0.3) is 0 Å². The maximum Gasteiger partial charge on any atom is 0.325 e. The van der Waals surface area contributed by atoms with Crippen LogP contribution < -0.4 is 15.4 Å². The number of halogens is 1. The van der Waals surface area contributed by atoms with Gasteiger partial charge in [0.25, 0.3) is 5.91 Å². The van der Waals surface area contributed by atoms with Gasteiger partial charge in [-0.05, 0) is 44.0 Å². The fraction of sp³-hybridized carbons (Fsp3) is 0.435. The van der Waals surface area contributed by atoms with E-state index in [0.717, 1.165) is 42.7 Å². The summed E-state index contributed by atoms with van der Waals surface area (Å²) in [4.78, 5) is 30.5. The first-order chi connectivity index (χ1) is 14.7. The van der Waals surface area contributed by atoms with Gasteiger partial charge in [0.15, 0.2) is 0 Å². The molecule has 3 amide bonds. The summed E-state index contributed by atoms with van der Waals surface area (Å²) in [5, 5.41) is 6.32. The number of benzene rings is 1. The summed E-state index contributed by atoms with van der Waals surface area (Å²) < 4.78 is 5.93. The second-order valence-electron chi connectivity index (χ2n) is 7.92. The Kier molecular flexibility index (Phi) is 7.87. The minimum absolute atomic E-state index is 0. The highest BCUT2D eigenvalue weighted by Crippen LogP contribution is 2.35. The number of nitrogens with zero attached hydrogens (tertiary/aromatic N) is 2. The van der Waals surface area contributed by atoms with Gasteiger partial charge < -0.3 is 15.4 Å². The zero-order valence-electron chi connectivity index (χ0n) is 17.5. The van der Waals surface area contributed by atoms with Crippen LogP contribution in [0, 0.1) is 0 Å². The van der Waals surface area contributed by atoms with Gasteiger partial charge in [-0.25, -0.2) is 4.79 Å². The topological polar surface area (TPSA) is 83.6 Å².